The zero-order chi connectivity index (χ0) is 14.8. The average molecular weight is 299 g/mol. The van der Waals surface area contributed by atoms with Crippen LogP contribution in [0.2, 0.25) is 0 Å². The van der Waals surface area contributed by atoms with Gasteiger partial charge in [-0.15, -0.1) is 6.58 Å². The first-order chi connectivity index (χ1) is 10.2. The van der Waals surface area contributed by atoms with Crippen LogP contribution in [-0.2, 0) is 11.3 Å². The third-order valence-corrected chi connectivity index (χ3v) is 4.11. The number of thiazole rings is 1. The molecular weight excluding hydrogens is 286 g/mol. The van der Waals surface area contributed by atoms with E-state index in [0.717, 1.165) is 11.3 Å². The SMILES string of the molecule is C=CCNC(=O)/C=c1/sc2n(c1=O)Cc1ccccc1N=2. The summed E-state index contributed by atoms with van der Waals surface area (Å²) in [4.78, 5) is 29.1. The second-order valence-corrected chi connectivity index (χ2v) is 5.57. The van der Waals surface area contributed by atoms with Crippen molar-refractivity contribution in [2.24, 2.45) is 4.99 Å². The van der Waals surface area contributed by atoms with E-state index in [1.54, 1.807) is 10.6 Å². The van der Waals surface area contributed by atoms with Crippen LogP contribution < -0.4 is 20.2 Å². The maximum Gasteiger partial charge on any atom is 0.270 e. The number of nitrogens with one attached hydrogen (secondary N) is 1. The van der Waals surface area contributed by atoms with Gasteiger partial charge in [0.2, 0.25) is 5.91 Å². The molecule has 0 saturated carbocycles. The van der Waals surface area contributed by atoms with Gasteiger partial charge < -0.3 is 5.32 Å². The highest BCUT2D eigenvalue weighted by Crippen LogP contribution is 2.20. The molecule has 0 saturated heterocycles. The summed E-state index contributed by atoms with van der Waals surface area (Å²) in [6.45, 7) is 4.39. The average Bonchev–Trinajstić information content (AvgIpc) is 2.79. The number of carbonyl (C=O) groups excluding carboxylic acids is 1. The molecule has 1 amide bonds. The van der Waals surface area contributed by atoms with E-state index in [0.29, 0.717) is 22.4 Å². The molecule has 1 aliphatic heterocycles. The molecule has 1 N–H and O–H groups in total. The second-order valence-electron chi connectivity index (χ2n) is 4.56. The molecule has 0 unspecified atom stereocenters. The molecule has 6 heteroatoms. The van der Waals surface area contributed by atoms with Crippen molar-refractivity contribution in [2.75, 3.05) is 6.54 Å². The van der Waals surface area contributed by atoms with Crippen molar-refractivity contribution in [3.05, 3.63) is 62.2 Å². The van der Waals surface area contributed by atoms with Gasteiger partial charge in [-0.2, -0.15) is 0 Å². The molecule has 0 atom stereocenters. The Bertz CT molecular complexity index is 892. The number of carbonyl (C=O) groups is 1. The molecule has 0 fully saturated rings. The Hall–Kier alpha value is -2.47. The fourth-order valence-electron chi connectivity index (χ4n) is 2.10. The number of hydrogen-bond acceptors (Lipinski definition) is 4. The molecule has 21 heavy (non-hydrogen) atoms. The van der Waals surface area contributed by atoms with Gasteiger partial charge in [0.25, 0.3) is 5.56 Å². The molecule has 1 aliphatic rings. The lowest BCUT2D eigenvalue weighted by Crippen LogP contribution is -2.34. The summed E-state index contributed by atoms with van der Waals surface area (Å²) < 4.78 is 1.99. The van der Waals surface area contributed by atoms with Crippen LogP contribution in [0.4, 0.5) is 5.69 Å². The predicted octanol–water partition coefficient (Wildman–Crippen LogP) is 0.306. The first kappa shape index (κ1) is 13.5. The lowest BCUT2D eigenvalue weighted by Gasteiger charge is -2.10. The Morgan fingerprint density at radius 3 is 3.10 bits per heavy atom. The van der Waals surface area contributed by atoms with E-state index >= 15 is 0 Å². The number of rotatable bonds is 3. The van der Waals surface area contributed by atoms with Crippen molar-refractivity contribution in [3.63, 3.8) is 0 Å². The monoisotopic (exact) mass is 299 g/mol. The smallest absolute Gasteiger partial charge is 0.270 e. The zero-order valence-electron chi connectivity index (χ0n) is 11.2. The number of para-hydroxylation sites is 1. The summed E-state index contributed by atoms with van der Waals surface area (Å²) in [6.07, 6.45) is 2.91. The molecule has 0 bridgehead atoms. The normalized spacial score (nSPS) is 13.0. The molecule has 0 aliphatic carbocycles. The Morgan fingerprint density at radius 2 is 2.29 bits per heavy atom. The molecule has 2 heterocycles. The molecule has 1 aromatic heterocycles. The second kappa shape index (κ2) is 5.49. The molecular formula is C15H13N3O2S. The van der Waals surface area contributed by atoms with Gasteiger partial charge in [0.1, 0.15) is 4.53 Å². The van der Waals surface area contributed by atoms with Crippen LogP contribution >= 0.6 is 11.3 Å². The largest absolute Gasteiger partial charge is 0.349 e. The van der Waals surface area contributed by atoms with E-state index in [2.05, 4.69) is 16.9 Å². The van der Waals surface area contributed by atoms with Gasteiger partial charge in [-0.05, 0) is 11.6 Å². The number of amides is 1. The van der Waals surface area contributed by atoms with Crippen LogP contribution in [0.15, 0.2) is 46.7 Å². The first-order valence-corrected chi connectivity index (χ1v) is 7.27. The highest BCUT2D eigenvalue weighted by atomic mass is 32.1. The van der Waals surface area contributed by atoms with Crippen molar-refractivity contribution in [3.8, 4) is 0 Å². The van der Waals surface area contributed by atoms with Crippen LogP contribution in [0.5, 0.6) is 0 Å². The van der Waals surface area contributed by atoms with Crippen LogP contribution in [0, 0.1) is 0 Å². The summed E-state index contributed by atoms with van der Waals surface area (Å²) in [6, 6.07) is 7.71. The number of hydrogen-bond donors (Lipinski definition) is 1. The van der Waals surface area contributed by atoms with Crippen molar-refractivity contribution >= 4 is 29.0 Å². The molecule has 2 aromatic rings. The summed E-state index contributed by atoms with van der Waals surface area (Å²) in [7, 11) is 0. The van der Waals surface area contributed by atoms with E-state index < -0.39 is 0 Å². The van der Waals surface area contributed by atoms with Crippen molar-refractivity contribution in [2.45, 2.75) is 6.54 Å². The molecule has 0 spiro atoms. The third-order valence-electron chi connectivity index (χ3n) is 3.11. The summed E-state index contributed by atoms with van der Waals surface area (Å²) in [5.41, 5.74) is 1.70. The number of aromatic nitrogens is 1. The molecule has 5 nitrogen and oxygen atoms in total. The fourth-order valence-corrected chi connectivity index (χ4v) is 3.06. The molecule has 1 aromatic carbocycles. The summed E-state index contributed by atoms with van der Waals surface area (Å²) in [5.74, 6) is -0.302. The third kappa shape index (κ3) is 2.57. The van der Waals surface area contributed by atoms with Crippen molar-refractivity contribution < 1.29 is 4.79 Å². The maximum atomic E-state index is 12.3. The van der Waals surface area contributed by atoms with Gasteiger partial charge in [0.05, 0.1) is 12.2 Å². The van der Waals surface area contributed by atoms with E-state index in [4.69, 9.17) is 0 Å². The lowest BCUT2D eigenvalue weighted by atomic mass is 10.1. The van der Waals surface area contributed by atoms with Gasteiger partial charge in [-0.1, -0.05) is 35.6 Å². The first-order valence-electron chi connectivity index (χ1n) is 6.46. The Morgan fingerprint density at radius 1 is 1.48 bits per heavy atom. The quantitative estimate of drug-likeness (QED) is 0.707. The van der Waals surface area contributed by atoms with E-state index in [1.165, 1.54) is 17.4 Å². The lowest BCUT2D eigenvalue weighted by molar-refractivity contribution is -0.114. The van der Waals surface area contributed by atoms with Gasteiger partial charge in [-0.25, -0.2) is 4.99 Å². The molecule has 3 rings (SSSR count). The molecule has 0 radical (unpaired) electrons. The van der Waals surface area contributed by atoms with Crippen LogP contribution in [0.3, 0.4) is 0 Å². The minimum atomic E-state index is -0.302. The highest BCUT2D eigenvalue weighted by molar-refractivity contribution is 7.07. The maximum absolute atomic E-state index is 12.3. The van der Waals surface area contributed by atoms with Gasteiger partial charge in [-0.3, -0.25) is 14.2 Å². The van der Waals surface area contributed by atoms with E-state index in [1.807, 2.05) is 24.3 Å². The number of nitrogens with zero attached hydrogens (tertiary/aromatic N) is 2. The number of fused-ring (bicyclic) bond motifs is 2. The summed E-state index contributed by atoms with van der Waals surface area (Å²) >= 11 is 1.23. The Balaban J connectivity index is 2.06. The van der Waals surface area contributed by atoms with Crippen LogP contribution in [0.1, 0.15) is 5.56 Å². The predicted molar refractivity (Wildman–Crippen MR) is 82.2 cm³/mol. The van der Waals surface area contributed by atoms with E-state index in [-0.39, 0.29) is 11.5 Å². The van der Waals surface area contributed by atoms with Crippen LogP contribution in [0.25, 0.3) is 6.08 Å². The molecule has 106 valence electrons. The standard InChI is InChI=1S/C15H13N3O2S/c1-2-7-16-13(19)8-12-14(20)18-9-10-5-3-4-6-11(10)17-15(18)21-12/h2-6,8H,1,7,9H2,(H,16,19)/b12-8+. The topological polar surface area (TPSA) is 63.5 Å². The fraction of sp³-hybridized carbons (Fsp3) is 0.133. The van der Waals surface area contributed by atoms with Crippen molar-refractivity contribution in [1.29, 1.82) is 0 Å². The number of benzene rings is 1. The van der Waals surface area contributed by atoms with Gasteiger partial charge in [0, 0.05) is 12.6 Å². The van der Waals surface area contributed by atoms with Gasteiger partial charge in [0.15, 0.2) is 4.80 Å². The minimum absolute atomic E-state index is 0.179. The summed E-state index contributed by atoms with van der Waals surface area (Å²) in [5, 5.41) is 2.62. The van der Waals surface area contributed by atoms with Crippen molar-refractivity contribution in [1.82, 2.24) is 9.88 Å². The Labute approximate surface area is 124 Å². The zero-order valence-corrected chi connectivity index (χ0v) is 12.0. The van der Waals surface area contributed by atoms with Crippen LogP contribution in [-0.4, -0.2) is 17.0 Å². The minimum Gasteiger partial charge on any atom is -0.349 e. The van der Waals surface area contributed by atoms with E-state index in [9.17, 15) is 9.59 Å². The highest BCUT2D eigenvalue weighted by Gasteiger charge is 2.14. The Kier molecular flexibility index (Phi) is 3.53. The van der Waals surface area contributed by atoms with Gasteiger partial charge >= 0.3 is 0 Å².